The van der Waals surface area contributed by atoms with E-state index < -0.39 is 0 Å². The monoisotopic (exact) mass is 354 g/mol. The van der Waals surface area contributed by atoms with Gasteiger partial charge < -0.3 is 9.88 Å². The number of fused-ring (bicyclic) bond motifs is 1. The van der Waals surface area contributed by atoms with E-state index in [4.69, 9.17) is 0 Å². The molecule has 0 saturated carbocycles. The molecule has 0 bridgehead atoms. The van der Waals surface area contributed by atoms with Gasteiger partial charge in [0.15, 0.2) is 5.82 Å². The van der Waals surface area contributed by atoms with Gasteiger partial charge in [-0.15, -0.1) is 10.2 Å². The first-order valence-corrected chi connectivity index (χ1v) is 11.2. The molecular formula is C16H26N4OS2. The van der Waals surface area contributed by atoms with Crippen LogP contribution in [-0.4, -0.2) is 31.7 Å². The van der Waals surface area contributed by atoms with Crippen molar-refractivity contribution >= 4 is 27.5 Å². The molecule has 0 spiro atoms. The summed E-state index contributed by atoms with van der Waals surface area (Å²) in [6.45, 7) is 1.51. The second-order valence-corrected chi connectivity index (χ2v) is 9.13. The van der Waals surface area contributed by atoms with Gasteiger partial charge in [-0.05, 0) is 32.1 Å². The molecule has 3 rings (SSSR count). The molecule has 1 aromatic rings. The summed E-state index contributed by atoms with van der Waals surface area (Å²) in [6, 6.07) is 0. The summed E-state index contributed by atoms with van der Waals surface area (Å²) in [7, 11) is 4.01. The predicted molar refractivity (Wildman–Crippen MR) is 96.3 cm³/mol. The van der Waals surface area contributed by atoms with E-state index in [1.165, 1.54) is 37.9 Å². The van der Waals surface area contributed by atoms with E-state index in [-0.39, 0.29) is 5.91 Å². The third kappa shape index (κ3) is 5.14. The number of rotatable bonds is 7. The normalized spacial score (nSPS) is 21.0. The van der Waals surface area contributed by atoms with Crippen LogP contribution in [0.5, 0.6) is 0 Å². The third-order valence-corrected chi connectivity index (χ3v) is 7.54. The standard InChI is InChI=1S/C16H26N4OS2/c21-16(8-4-3-6-13-9-11-22-23-13)17-12-15-19-18-14-7-2-1-5-10-20(14)15/h13H,1-12H2,(H,17,21). The Morgan fingerprint density at radius 2 is 2.22 bits per heavy atom. The minimum Gasteiger partial charge on any atom is -0.349 e. The average Bonchev–Trinajstić information content (AvgIpc) is 3.14. The average molecular weight is 355 g/mol. The minimum atomic E-state index is 0.143. The van der Waals surface area contributed by atoms with Crippen molar-refractivity contribution in [3.8, 4) is 0 Å². The van der Waals surface area contributed by atoms with Crippen LogP contribution in [0.3, 0.4) is 0 Å². The zero-order valence-electron chi connectivity index (χ0n) is 13.6. The van der Waals surface area contributed by atoms with Crippen molar-refractivity contribution in [3.63, 3.8) is 0 Å². The molecule has 0 aliphatic carbocycles. The first kappa shape index (κ1) is 17.1. The number of nitrogens with one attached hydrogen (secondary N) is 1. The summed E-state index contributed by atoms with van der Waals surface area (Å²) in [5, 5.41) is 12.4. The molecule has 1 saturated heterocycles. The number of carbonyl (C=O) groups is 1. The number of hydrogen-bond donors (Lipinski definition) is 1. The Balaban J connectivity index is 1.35. The molecule has 5 nitrogen and oxygen atoms in total. The van der Waals surface area contributed by atoms with E-state index in [2.05, 4.69) is 20.1 Å². The summed E-state index contributed by atoms with van der Waals surface area (Å²) in [5.74, 6) is 3.43. The smallest absolute Gasteiger partial charge is 0.220 e. The quantitative estimate of drug-likeness (QED) is 0.601. The molecule has 128 valence electrons. The molecule has 1 unspecified atom stereocenters. The Labute approximate surface area is 146 Å². The van der Waals surface area contributed by atoms with E-state index in [1.54, 1.807) is 0 Å². The van der Waals surface area contributed by atoms with Crippen molar-refractivity contribution < 1.29 is 4.79 Å². The Hall–Kier alpha value is -0.690. The molecule has 2 aliphatic rings. The summed E-state index contributed by atoms with van der Waals surface area (Å²) in [4.78, 5) is 12.0. The largest absolute Gasteiger partial charge is 0.349 e. The lowest BCUT2D eigenvalue weighted by molar-refractivity contribution is -0.121. The Kier molecular flexibility index (Phi) is 6.68. The van der Waals surface area contributed by atoms with Crippen LogP contribution >= 0.6 is 21.6 Å². The van der Waals surface area contributed by atoms with E-state index in [1.807, 2.05) is 21.6 Å². The van der Waals surface area contributed by atoms with Crippen molar-refractivity contribution in [3.05, 3.63) is 11.6 Å². The van der Waals surface area contributed by atoms with Gasteiger partial charge in [-0.3, -0.25) is 4.79 Å². The van der Waals surface area contributed by atoms with Gasteiger partial charge in [0, 0.05) is 30.4 Å². The van der Waals surface area contributed by atoms with Crippen molar-refractivity contribution in [1.29, 1.82) is 0 Å². The SMILES string of the molecule is O=C(CCCCC1CCSS1)NCc1nnc2n1CCCCC2. The Morgan fingerprint density at radius 1 is 1.26 bits per heavy atom. The molecule has 23 heavy (non-hydrogen) atoms. The topological polar surface area (TPSA) is 59.8 Å². The maximum absolute atomic E-state index is 12.0. The molecular weight excluding hydrogens is 328 g/mol. The van der Waals surface area contributed by atoms with E-state index in [0.717, 1.165) is 42.7 Å². The van der Waals surface area contributed by atoms with Gasteiger partial charge in [-0.1, -0.05) is 34.4 Å². The van der Waals surface area contributed by atoms with Crippen molar-refractivity contribution in [2.75, 3.05) is 5.75 Å². The molecule has 1 atom stereocenters. The van der Waals surface area contributed by atoms with Crippen LogP contribution in [-0.2, 0) is 24.3 Å². The van der Waals surface area contributed by atoms with Gasteiger partial charge >= 0.3 is 0 Å². The van der Waals surface area contributed by atoms with E-state index >= 15 is 0 Å². The highest BCUT2D eigenvalue weighted by atomic mass is 33.1. The molecule has 0 radical (unpaired) electrons. The van der Waals surface area contributed by atoms with Crippen LogP contribution in [0.1, 0.15) is 63.0 Å². The van der Waals surface area contributed by atoms with Crippen molar-refractivity contribution in [2.45, 2.75) is 76.1 Å². The number of amides is 1. The highest BCUT2D eigenvalue weighted by molar-refractivity contribution is 8.77. The molecule has 2 aliphatic heterocycles. The van der Waals surface area contributed by atoms with Crippen LogP contribution in [0.4, 0.5) is 0 Å². The minimum absolute atomic E-state index is 0.143. The number of hydrogen-bond acceptors (Lipinski definition) is 5. The summed E-state index contributed by atoms with van der Waals surface area (Å²) in [6.07, 6.45) is 10.0. The second kappa shape index (κ2) is 8.97. The third-order valence-electron chi connectivity index (χ3n) is 4.54. The van der Waals surface area contributed by atoms with Crippen LogP contribution in [0.25, 0.3) is 0 Å². The molecule has 1 amide bonds. The molecule has 0 aromatic carbocycles. The lowest BCUT2D eigenvalue weighted by atomic mass is 10.1. The van der Waals surface area contributed by atoms with E-state index in [9.17, 15) is 4.79 Å². The van der Waals surface area contributed by atoms with Crippen molar-refractivity contribution in [1.82, 2.24) is 20.1 Å². The van der Waals surface area contributed by atoms with Crippen LogP contribution in [0, 0.1) is 0 Å². The zero-order valence-corrected chi connectivity index (χ0v) is 15.3. The molecule has 1 N–H and O–H groups in total. The fourth-order valence-corrected chi connectivity index (χ4v) is 6.19. The number of carbonyl (C=O) groups excluding carboxylic acids is 1. The Bertz CT molecular complexity index is 514. The highest BCUT2D eigenvalue weighted by Gasteiger charge is 2.17. The number of aromatic nitrogens is 3. The maximum atomic E-state index is 12.0. The van der Waals surface area contributed by atoms with Crippen LogP contribution in [0.2, 0.25) is 0 Å². The summed E-state index contributed by atoms with van der Waals surface area (Å²) < 4.78 is 2.20. The molecule has 3 heterocycles. The van der Waals surface area contributed by atoms with Gasteiger partial charge in [0.25, 0.3) is 0 Å². The first-order valence-electron chi connectivity index (χ1n) is 8.79. The van der Waals surface area contributed by atoms with Gasteiger partial charge in [0.2, 0.25) is 5.91 Å². The lowest BCUT2D eigenvalue weighted by Gasteiger charge is -2.09. The van der Waals surface area contributed by atoms with Gasteiger partial charge in [-0.2, -0.15) is 0 Å². The molecule has 1 aromatic heterocycles. The van der Waals surface area contributed by atoms with E-state index in [0.29, 0.717) is 13.0 Å². The van der Waals surface area contributed by atoms with Crippen molar-refractivity contribution in [2.24, 2.45) is 0 Å². The highest BCUT2D eigenvalue weighted by Crippen LogP contribution is 2.39. The number of aryl methyl sites for hydroxylation is 1. The summed E-state index contributed by atoms with van der Waals surface area (Å²) >= 11 is 0. The second-order valence-electron chi connectivity index (χ2n) is 6.35. The van der Waals surface area contributed by atoms with Crippen LogP contribution < -0.4 is 5.32 Å². The predicted octanol–water partition coefficient (Wildman–Crippen LogP) is 3.33. The van der Waals surface area contributed by atoms with Crippen LogP contribution in [0.15, 0.2) is 0 Å². The zero-order chi connectivity index (χ0) is 15.9. The number of unbranched alkanes of at least 4 members (excludes halogenated alkanes) is 1. The summed E-state index contributed by atoms with van der Waals surface area (Å²) in [5.41, 5.74) is 0. The maximum Gasteiger partial charge on any atom is 0.220 e. The van der Waals surface area contributed by atoms with Gasteiger partial charge in [-0.25, -0.2) is 0 Å². The Morgan fingerprint density at radius 3 is 3.09 bits per heavy atom. The first-order chi connectivity index (χ1) is 11.3. The molecule has 1 fully saturated rings. The molecule has 7 heteroatoms. The fourth-order valence-electron chi connectivity index (χ4n) is 3.16. The van der Waals surface area contributed by atoms with Gasteiger partial charge in [0.05, 0.1) is 6.54 Å². The number of nitrogens with zero attached hydrogens (tertiary/aromatic N) is 3. The lowest BCUT2D eigenvalue weighted by Crippen LogP contribution is -2.24. The fraction of sp³-hybridized carbons (Fsp3) is 0.812. The van der Waals surface area contributed by atoms with Gasteiger partial charge in [0.1, 0.15) is 5.82 Å².